The van der Waals surface area contributed by atoms with E-state index in [-0.39, 0.29) is 0 Å². The van der Waals surface area contributed by atoms with Crippen LogP contribution in [0.5, 0.6) is 5.75 Å². The molecule has 1 aromatic heterocycles. The van der Waals surface area contributed by atoms with E-state index in [9.17, 15) is 8.42 Å². The average molecular weight is 311 g/mol. The quantitative estimate of drug-likeness (QED) is 0.855. The van der Waals surface area contributed by atoms with Crippen molar-refractivity contribution in [2.75, 3.05) is 13.2 Å². The van der Waals surface area contributed by atoms with Gasteiger partial charge in [-0.2, -0.15) is 0 Å². The van der Waals surface area contributed by atoms with Crippen molar-refractivity contribution in [3.63, 3.8) is 0 Å². The van der Waals surface area contributed by atoms with Gasteiger partial charge in [0.15, 0.2) is 0 Å². The molecule has 0 fully saturated rings. The molecule has 1 aromatic carbocycles. The van der Waals surface area contributed by atoms with Gasteiger partial charge in [-0.05, 0) is 36.4 Å². The molecule has 6 heteroatoms. The number of nitrogens with one attached hydrogen (secondary N) is 1. The molecule has 108 valence electrons. The third kappa shape index (κ3) is 3.82. The molecule has 0 atom stereocenters. The first kappa shape index (κ1) is 15.0. The van der Waals surface area contributed by atoms with Crippen molar-refractivity contribution in [2.24, 2.45) is 0 Å². The largest absolute Gasteiger partial charge is 0.494 e. The third-order valence-corrected chi connectivity index (χ3v) is 5.58. The van der Waals surface area contributed by atoms with E-state index >= 15 is 0 Å². The first-order chi connectivity index (χ1) is 9.63. The minimum absolute atomic E-state index is 0.343. The fourth-order valence-corrected chi connectivity index (χ4v) is 3.88. The predicted octanol–water partition coefficient (Wildman–Crippen LogP) is 2.67. The van der Waals surface area contributed by atoms with Crippen molar-refractivity contribution in [3.8, 4) is 5.75 Å². The van der Waals surface area contributed by atoms with Gasteiger partial charge >= 0.3 is 0 Å². The maximum Gasteiger partial charge on any atom is 0.250 e. The van der Waals surface area contributed by atoms with Gasteiger partial charge < -0.3 is 4.74 Å². The standard InChI is InChI=1S/C14H17NO3S2/c1-2-18-13-7-4-3-6-12(13)9-10-15-20(16,17)14-8-5-11-19-14/h3-8,11,15H,2,9-10H2,1H3. The first-order valence-electron chi connectivity index (χ1n) is 6.37. The molecule has 1 N–H and O–H groups in total. The molecule has 0 saturated heterocycles. The Morgan fingerprint density at radius 2 is 2.00 bits per heavy atom. The molecule has 0 aliphatic heterocycles. The van der Waals surface area contributed by atoms with Gasteiger partial charge in [0.2, 0.25) is 10.0 Å². The van der Waals surface area contributed by atoms with Gasteiger partial charge in [-0.15, -0.1) is 11.3 Å². The summed E-state index contributed by atoms with van der Waals surface area (Å²) >= 11 is 1.21. The SMILES string of the molecule is CCOc1ccccc1CCNS(=O)(=O)c1cccs1. The van der Waals surface area contributed by atoms with Crippen LogP contribution in [0.1, 0.15) is 12.5 Å². The van der Waals surface area contributed by atoms with Gasteiger partial charge in [-0.1, -0.05) is 24.3 Å². The molecule has 0 bridgehead atoms. The topological polar surface area (TPSA) is 55.4 Å². The second-order valence-electron chi connectivity index (χ2n) is 4.12. The first-order valence-corrected chi connectivity index (χ1v) is 8.73. The van der Waals surface area contributed by atoms with Crippen LogP contribution in [-0.2, 0) is 16.4 Å². The molecule has 0 amide bonds. The summed E-state index contributed by atoms with van der Waals surface area (Å²) in [6, 6.07) is 11.0. The molecule has 0 radical (unpaired) electrons. The Balaban J connectivity index is 1.97. The zero-order valence-electron chi connectivity index (χ0n) is 11.2. The van der Waals surface area contributed by atoms with E-state index in [0.717, 1.165) is 11.3 Å². The maximum atomic E-state index is 12.0. The van der Waals surface area contributed by atoms with E-state index in [1.54, 1.807) is 17.5 Å². The van der Waals surface area contributed by atoms with Crippen LogP contribution >= 0.6 is 11.3 Å². The lowest BCUT2D eigenvalue weighted by atomic mass is 10.1. The number of ether oxygens (including phenoxy) is 1. The van der Waals surface area contributed by atoms with Crippen LogP contribution in [0.2, 0.25) is 0 Å². The third-order valence-electron chi connectivity index (χ3n) is 2.72. The highest BCUT2D eigenvalue weighted by atomic mass is 32.2. The summed E-state index contributed by atoms with van der Waals surface area (Å²) in [6.45, 7) is 2.87. The van der Waals surface area contributed by atoms with Gasteiger partial charge in [0.05, 0.1) is 6.61 Å². The normalized spacial score (nSPS) is 11.4. The number of hydrogen-bond acceptors (Lipinski definition) is 4. The van der Waals surface area contributed by atoms with E-state index < -0.39 is 10.0 Å². The van der Waals surface area contributed by atoms with Gasteiger partial charge in [-0.3, -0.25) is 0 Å². The van der Waals surface area contributed by atoms with Gasteiger partial charge in [-0.25, -0.2) is 13.1 Å². The summed E-state index contributed by atoms with van der Waals surface area (Å²) in [4.78, 5) is 0. The lowest BCUT2D eigenvalue weighted by Gasteiger charge is -2.10. The highest BCUT2D eigenvalue weighted by Gasteiger charge is 2.14. The van der Waals surface area contributed by atoms with E-state index in [0.29, 0.717) is 23.8 Å². The summed E-state index contributed by atoms with van der Waals surface area (Å²) in [5, 5.41) is 1.75. The zero-order chi connectivity index (χ0) is 14.4. The second kappa shape index (κ2) is 6.88. The lowest BCUT2D eigenvalue weighted by Crippen LogP contribution is -2.25. The average Bonchev–Trinajstić information content (AvgIpc) is 2.96. The Morgan fingerprint density at radius 1 is 1.20 bits per heavy atom. The van der Waals surface area contributed by atoms with Crippen LogP contribution in [0.4, 0.5) is 0 Å². The van der Waals surface area contributed by atoms with Crippen LogP contribution in [0.25, 0.3) is 0 Å². The molecular weight excluding hydrogens is 294 g/mol. The minimum atomic E-state index is -3.38. The van der Waals surface area contributed by atoms with Crippen molar-refractivity contribution in [1.29, 1.82) is 0 Å². The van der Waals surface area contributed by atoms with Crippen molar-refractivity contribution >= 4 is 21.4 Å². The maximum absolute atomic E-state index is 12.0. The van der Waals surface area contributed by atoms with Crippen LogP contribution in [0.3, 0.4) is 0 Å². The van der Waals surface area contributed by atoms with Crippen molar-refractivity contribution in [1.82, 2.24) is 4.72 Å². The molecule has 20 heavy (non-hydrogen) atoms. The summed E-state index contributed by atoms with van der Waals surface area (Å²) in [7, 11) is -3.38. The van der Waals surface area contributed by atoms with Crippen LogP contribution < -0.4 is 9.46 Å². The number of para-hydroxylation sites is 1. The Hall–Kier alpha value is -1.37. The van der Waals surface area contributed by atoms with E-state index in [2.05, 4.69) is 4.72 Å². The lowest BCUT2D eigenvalue weighted by molar-refractivity contribution is 0.336. The zero-order valence-corrected chi connectivity index (χ0v) is 12.8. The fraction of sp³-hybridized carbons (Fsp3) is 0.286. The smallest absolute Gasteiger partial charge is 0.250 e. The van der Waals surface area contributed by atoms with E-state index in [4.69, 9.17) is 4.74 Å². The monoisotopic (exact) mass is 311 g/mol. The summed E-state index contributed by atoms with van der Waals surface area (Å²) in [6.07, 6.45) is 0.598. The van der Waals surface area contributed by atoms with Crippen LogP contribution in [-0.4, -0.2) is 21.6 Å². The molecule has 2 aromatic rings. The predicted molar refractivity (Wildman–Crippen MR) is 80.8 cm³/mol. The number of benzene rings is 1. The molecule has 0 aliphatic rings. The summed E-state index contributed by atoms with van der Waals surface area (Å²) < 4.78 is 32.4. The Labute approximate surface area is 123 Å². The van der Waals surface area contributed by atoms with Gasteiger partial charge in [0, 0.05) is 6.54 Å². The van der Waals surface area contributed by atoms with Gasteiger partial charge in [0.1, 0.15) is 9.96 Å². The number of rotatable bonds is 7. The Bertz CT molecular complexity index is 636. The van der Waals surface area contributed by atoms with Crippen LogP contribution in [0.15, 0.2) is 46.0 Å². The van der Waals surface area contributed by atoms with Crippen LogP contribution in [0, 0.1) is 0 Å². The molecule has 0 unspecified atom stereocenters. The number of sulfonamides is 1. The highest BCUT2D eigenvalue weighted by Crippen LogP contribution is 2.19. The summed E-state index contributed by atoms with van der Waals surface area (Å²) in [5.41, 5.74) is 1.00. The Kier molecular flexibility index (Phi) is 5.17. The molecule has 1 heterocycles. The highest BCUT2D eigenvalue weighted by molar-refractivity contribution is 7.91. The molecular formula is C14H17NO3S2. The Morgan fingerprint density at radius 3 is 2.70 bits per heavy atom. The second-order valence-corrected chi connectivity index (χ2v) is 7.06. The molecule has 0 spiro atoms. The van der Waals surface area contributed by atoms with E-state index in [1.807, 2.05) is 31.2 Å². The van der Waals surface area contributed by atoms with Crippen molar-refractivity contribution in [3.05, 3.63) is 47.3 Å². The molecule has 2 rings (SSSR count). The molecule has 0 saturated carbocycles. The molecule has 0 aliphatic carbocycles. The number of hydrogen-bond donors (Lipinski definition) is 1. The molecule has 4 nitrogen and oxygen atoms in total. The van der Waals surface area contributed by atoms with Crippen molar-refractivity contribution in [2.45, 2.75) is 17.6 Å². The van der Waals surface area contributed by atoms with Gasteiger partial charge in [0.25, 0.3) is 0 Å². The van der Waals surface area contributed by atoms with Crippen molar-refractivity contribution < 1.29 is 13.2 Å². The van der Waals surface area contributed by atoms with E-state index in [1.165, 1.54) is 11.3 Å². The fourth-order valence-electron chi connectivity index (χ4n) is 1.81. The minimum Gasteiger partial charge on any atom is -0.494 e. The number of thiophene rings is 1. The summed E-state index contributed by atoms with van der Waals surface area (Å²) in [5.74, 6) is 0.810.